The van der Waals surface area contributed by atoms with Gasteiger partial charge in [-0.05, 0) is 56.7 Å². The molecule has 1 heterocycles. The van der Waals surface area contributed by atoms with Crippen LogP contribution in [0.2, 0.25) is 0 Å². The van der Waals surface area contributed by atoms with Crippen LogP contribution in [0.3, 0.4) is 0 Å². The highest BCUT2D eigenvalue weighted by molar-refractivity contribution is 14.1. The SMILES string of the molecule is O=c1[nH]cnc(Nc2cc(Br)ccc2Br)c1I. The summed E-state index contributed by atoms with van der Waals surface area (Å²) in [5.41, 5.74) is 0.685. The molecule has 0 radical (unpaired) electrons. The van der Waals surface area contributed by atoms with Crippen LogP contribution in [0.4, 0.5) is 11.5 Å². The smallest absolute Gasteiger partial charge is 0.266 e. The third-order valence-corrected chi connectivity index (χ3v) is 4.16. The number of hydrogen-bond acceptors (Lipinski definition) is 3. The number of H-pyrrole nitrogens is 1. The molecule has 2 N–H and O–H groups in total. The molecular weight excluding hydrogens is 465 g/mol. The minimum atomic E-state index is -0.158. The van der Waals surface area contributed by atoms with Crippen LogP contribution in [0, 0.1) is 3.57 Å². The highest BCUT2D eigenvalue weighted by atomic mass is 127. The summed E-state index contributed by atoms with van der Waals surface area (Å²) in [6, 6.07) is 5.74. The molecule has 0 spiro atoms. The summed E-state index contributed by atoms with van der Waals surface area (Å²) in [6.07, 6.45) is 1.37. The lowest BCUT2D eigenvalue weighted by Gasteiger charge is -2.09. The van der Waals surface area contributed by atoms with Gasteiger partial charge in [-0.3, -0.25) is 4.79 Å². The van der Waals surface area contributed by atoms with Crippen molar-refractivity contribution in [2.24, 2.45) is 0 Å². The van der Waals surface area contributed by atoms with Crippen LogP contribution in [-0.2, 0) is 0 Å². The second kappa shape index (κ2) is 5.49. The number of aromatic amines is 1. The fourth-order valence-corrected chi connectivity index (χ4v) is 2.33. The van der Waals surface area contributed by atoms with Gasteiger partial charge in [0.1, 0.15) is 3.57 Å². The number of hydrogen-bond donors (Lipinski definition) is 2. The number of rotatable bonds is 2. The van der Waals surface area contributed by atoms with Crippen molar-refractivity contribution in [1.82, 2.24) is 9.97 Å². The first-order chi connectivity index (χ1) is 8.08. The van der Waals surface area contributed by atoms with E-state index in [2.05, 4.69) is 47.1 Å². The molecule has 0 fully saturated rings. The standard InChI is InChI=1S/C10H6Br2IN3O/c11-5-1-2-6(12)7(3-5)16-9-8(13)10(17)15-4-14-9/h1-4H,(H2,14,15,16,17). The second-order valence-electron chi connectivity index (χ2n) is 3.14. The van der Waals surface area contributed by atoms with Crippen LogP contribution in [0.1, 0.15) is 0 Å². The molecule has 0 atom stereocenters. The summed E-state index contributed by atoms with van der Waals surface area (Å²) >= 11 is 8.78. The molecule has 4 nitrogen and oxygen atoms in total. The molecule has 0 unspecified atom stereocenters. The van der Waals surface area contributed by atoms with Crippen LogP contribution in [0.25, 0.3) is 0 Å². The maximum absolute atomic E-state index is 11.4. The summed E-state index contributed by atoms with van der Waals surface area (Å²) in [6.45, 7) is 0. The van der Waals surface area contributed by atoms with E-state index < -0.39 is 0 Å². The molecule has 0 bridgehead atoms. The average Bonchev–Trinajstić information content (AvgIpc) is 2.30. The number of nitrogens with one attached hydrogen (secondary N) is 2. The fourth-order valence-electron chi connectivity index (χ4n) is 1.19. The van der Waals surface area contributed by atoms with Crippen LogP contribution in [0.15, 0.2) is 38.3 Å². The largest absolute Gasteiger partial charge is 0.338 e. The Labute approximate surface area is 128 Å². The molecule has 7 heteroatoms. The lowest BCUT2D eigenvalue weighted by molar-refractivity contribution is 1.10. The zero-order chi connectivity index (χ0) is 12.4. The maximum Gasteiger partial charge on any atom is 0.266 e. The molecule has 0 amide bonds. The molecule has 0 saturated heterocycles. The molecule has 0 aliphatic heterocycles. The molecule has 88 valence electrons. The highest BCUT2D eigenvalue weighted by Gasteiger charge is 2.07. The minimum Gasteiger partial charge on any atom is -0.338 e. The Hall–Kier alpha value is -0.410. The third kappa shape index (κ3) is 3.08. The van der Waals surface area contributed by atoms with Crippen molar-refractivity contribution in [2.75, 3.05) is 5.32 Å². The molecule has 17 heavy (non-hydrogen) atoms. The zero-order valence-electron chi connectivity index (χ0n) is 8.30. The number of aromatic nitrogens is 2. The summed E-state index contributed by atoms with van der Waals surface area (Å²) < 4.78 is 2.37. The number of benzene rings is 1. The van der Waals surface area contributed by atoms with E-state index in [1.807, 2.05) is 40.8 Å². The van der Waals surface area contributed by atoms with Crippen LogP contribution in [-0.4, -0.2) is 9.97 Å². The highest BCUT2D eigenvalue weighted by Crippen LogP contribution is 2.28. The molecule has 2 rings (SSSR count). The quantitative estimate of drug-likeness (QED) is 0.659. The fraction of sp³-hybridized carbons (Fsp3) is 0. The third-order valence-electron chi connectivity index (χ3n) is 1.98. The van der Waals surface area contributed by atoms with Gasteiger partial charge >= 0.3 is 0 Å². The summed E-state index contributed by atoms with van der Waals surface area (Å²) in [5, 5.41) is 3.11. The lowest BCUT2D eigenvalue weighted by atomic mass is 10.3. The number of anilines is 2. The number of nitrogens with zero attached hydrogens (tertiary/aromatic N) is 1. The van der Waals surface area contributed by atoms with Crippen LogP contribution in [0.5, 0.6) is 0 Å². The van der Waals surface area contributed by atoms with E-state index in [9.17, 15) is 4.79 Å². The van der Waals surface area contributed by atoms with Gasteiger partial charge in [0.15, 0.2) is 5.82 Å². The van der Waals surface area contributed by atoms with Crippen molar-refractivity contribution in [3.63, 3.8) is 0 Å². The first-order valence-corrected chi connectivity index (χ1v) is 7.19. The van der Waals surface area contributed by atoms with Crippen LogP contribution < -0.4 is 10.9 Å². The van der Waals surface area contributed by atoms with Gasteiger partial charge in [0.05, 0.1) is 12.0 Å². The molecule has 0 aliphatic carbocycles. The summed E-state index contributed by atoms with van der Waals surface area (Å²) in [5.74, 6) is 0.535. The van der Waals surface area contributed by atoms with Gasteiger partial charge in [-0.15, -0.1) is 0 Å². The van der Waals surface area contributed by atoms with Crippen molar-refractivity contribution in [2.45, 2.75) is 0 Å². The Morgan fingerprint density at radius 3 is 2.88 bits per heavy atom. The Bertz CT molecular complexity index is 615. The Morgan fingerprint density at radius 1 is 1.35 bits per heavy atom. The van der Waals surface area contributed by atoms with E-state index in [4.69, 9.17) is 0 Å². The van der Waals surface area contributed by atoms with Gasteiger partial charge in [0, 0.05) is 8.95 Å². The van der Waals surface area contributed by atoms with Crippen LogP contribution >= 0.6 is 54.5 Å². The van der Waals surface area contributed by atoms with Gasteiger partial charge < -0.3 is 10.3 Å². The van der Waals surface area contributed by atoms with Gasteiger partial charge in [0.25, 0.3) is 5.56 Å². The molecule has 1 aromatic carbocycles. The first-order valence-electron chi connectivity index (χ1n) is 4.53. The van der Waals surface area contributed by atoms with E-state index in [1.54, 1.807) is 0 Å². The predicted molar refractivity (Wildman–Crippen MR) is 82.7 cm³/mol. The minimum absolute atomic E-state index is 0.158. The topological polar surface area (TPSA) is 57.8 Å². The van der Waals surface area contributed by atoms with Crippen molar-refractivity contribution in [3.8, 4) is 0 Å². The molecule has 0 aliphatic rings. The van der Waals surface area contributed by atoms with Crippen molar-refractivity contribution >= 4 is 66.0 Å². The monoisotopic (exact) mass is 469 g/mol. The van der Waals surface area contributed by atoms with E-state index in [-0.39, 0.29) is 5.56 Å². The van der Waals surface area contributed by atoms with E-state index in [1.165, 1.54) is 6.33 Å². The molecule has 0 saturated carbocycles. The molecular formula is C10H6Br2IN3O. The Kier molecular flexibility index (Phi) is 4.21. The lowest BCUT2D eigenvalue weighted by Crippen LogP contribution is -2.13. The van der Waals surface area contributed by atoms with Gasteiger partial charge in [-0.2, -0.15) is 0 Å². The second-order valence-corrected chi connectivity index (χ2v) is 5.99. The number of halogens is 3. The normalized spacial score (nSPS) is 10.3. The zero-order valence-corrected chi connectivity index (χ0v) is 13.6. The molecule has 1 aromatic heterocycles. The van der Waals surface area contributed by atoms with Gasteiger partial charge in [-0.1, -0.05) is 15.9 Å². The van der Waals surface area contributed by atoms with Crippen molar-refractivity contribution < 1.29 is 0 Å². The Balaban J connectivity index is 2.41. The van der Waals surface area contributed by atoms with Gasteiger partial charge in [-0.25, -0.2) is 4.98 Å². The average molecular weight is 471 g/mol. The molecule has 2 aromatic rings. The van der Waals surface area contributed by atoms with Crippen molar-refractivity contribution in [1.29, 1.82) is 0 Å². The van der Waals surface area contributed by atoms with E-state index >= 15 is 0 Å². The Morgan fingerprint density at radius 2 is 2.12 bits per heavy atom. The maximum atomic E-state index is 11.4. The first kappa shape index (κ1) is 13.0. The summed E-state index contributed by atoms with van der Waals surface area (Å²) in [7, 11) is 0. The van der Waals surface area contributed by atoms with Gasteiger partial charge in [0.2, 0.25) is 0 Å². The summed E-state index contributed by atoms with van der Waals surface area (Å²) in [4.78, 5) is 18.0. The van der Waals surface area contributed by atoms with E-state index in [0.717, 1.165) is 14.6 Å². The predicted octanol–water partition coefficient (Wildman–Crippen LogP) is 3.64. The van der Waals surface area contributed by atoms with E-state index in [0.29, 0.717) is 9.39 Å². The van der Waals surface area contributed by atoms with Crippen molar-refractivity contribution in [3.05, 3.63) is 47.4 Å².